The third kappa shape index (κ3) is 9.32. The van der Waals surface area contributed by atoms with Crippen LogP contribution in [0.4, 0.5) is 0 Å². The molecule has 4 heteroatoms. The summed E-state index contributed by atoms with van der Waals surface area (Å²) < 4.78 is 6.73. The Hall–Kier alpha value is -1.47. The molecule has 0 saturated carbocycles. The molecule has 3 aromatic rings. The van der Waals surface area contributed by atoms with E-state index >= 15 is 0 Å². The van der Waals surface area contributed by atoms with Crippen LogP contribution in [0.15, 0.2) is 65.3 Å². The van der Waals surface area contributed by atoms with E-state index in [1.807, 2.05) is 18.2 Å². The van der Waals surface area contributed by atoms with E-state index in [0.717, 1.165) is 17.8 Å². The van der Waals surface area contributed by atoms with Gasteiger partial charge in [0.15, 0.2) is 0 Å². The maximum Gasteiger partial charge on any atom is -1.00 e. The van der Waals surface area contributed by atoms with Crippen molar-refractivity contribution in [1.82, 2.24) is 0 Å². The van der Waals surface area contributed by atoms with E-state index in [0.29, 0.717) is 5.92 Å². The molecule has 1 aromatic heterocycles. The van der Waals surface area contributed by atoms with Gasteiger partial charge >= 0.3 is 41.3 Å². The van der Waals surface area contributed by atoms with Gasteiger partial charge in [0.05, 0.1) is 12.0 Å². The van der Waals surface area contributed by atoms with Gasteiger partial charge < -0.3 is 29.2 Å². The van der Waals surface area contributed by atoms with Crippen LogP contribution in [-0.2, 0) is 41.5 Å². The number of rotatable bonds is 1. The molecule has 0 N–H and O–H groups in total. The van der Waals surface area contributed by atoms with Crippen LogP contribution in [0.25, 0.3) is 16.7 Å². The molecule has 38 heavy (non-hydrogen) atoms. The summed E-state index contributed by atoms with van der Waals surface area (Å²) in [6, 6.07) is 19.0. The van der Waals surface area contributed by atoms with E-state index in [2.05, 4.69) is 111 Å². The first-order chi connectivity index (χ1) is 16.8. The van der Waals surface area contributed by atoms with Crippen LogP contribution < -0.4 is 24.8 Å². The molecule has 0 amide bonds. The molecule has 0 fully saturated rings. The van der Waals surface area contributed by atoms with Gasteiger partial charge in [-0.15, -0.1) is 16.7 Å². The number of hydrogen-bond acceptors (Lipinski definition) is 1. The van der Waals surface area contributed by atoms with E-state index in [-0.39, 0.29) is 35.6 Å². The normalized spacial score (nSPS) is 14.9. The van der Waals surface area contributed by atoms with Gasteiger partial charge in [-0.05, 0) is 40.5 Å². The van der Waals surface area contributed by atoms with Crippen molar-refractivity contribution in [2.24, 2.45) is 5.92 Å². The molecule has 5 rings (SSSR count). The smallest absolute Gasteiger partial charge is 1.00 e. The second-order valence-electron chi connectivity index (χ2n) is 12.0. The van der Waals surface area contributed by atoms with Crippen LogP contribution in [0, 0.1) is 18.1 Å². The topological polar surface area (TPSA) is 13.1 Å². The predicted octanol–water partition coefficient (Wildman–Crippen LogP) is 3.08. The van der Waals surface area contributed by atoms with E-state index < -0.39 is 0 Å². The summed E-state index contributed by atoms with van der Waals surface area (Å²) >= 11 is 1.55. The molecular formula is C34H40Cl2OZr-2. The molecule has 1 atom stereocenters. The van der Waals surface area contributed by atoms with Crippen LogP contribution in [0.2, 0.25) is 0 Å². The molecule has 1 unspecified atom stereocenters. The van der Waals surface area contributed by atoms with E-state index in [9.17, 15) is 0 Å². The Morgan fingerprint density at radius 2 is 1.55 bits per heavy atom. The Labute approximate surface area is 258 Å². The zero-order valence-corrected chi connectivity index (χ0v) is 28.2. The minimum absolute atomic E-state index is 0. The van der Waals surface area contributed by atoms with Gasteiger partial charge in [-0.2, -0.15) is 29.8 Å². The Morgan fingerprint density at radius 1 is 0.921 bits per heavy atom. The number of benzene rings is 2. The van der Waals surface area contributed by atoms with Crippen molar-refractivity contribution in [3.8, 4) is 11.1 Å². The Kier molecular flexibility index (Phi) is 13.0. The SMILES string of the molecule is CC(C)(C)c1[c-]c2c(cc1)-c1ccc(C(C)(C)C)cc1C2.CC1[C-]=CC(c2ccco2)=C1.C[C](C)=[Zr+2].[Cl-].[Cl-]. The summed E-state index contributed by atoms with van der Waals surface area (Å²) in [6.07, 6.45) is 10.0. The first-order valence-corrected chi connectivity index (χ1v) is 14.0. The van der Waals surface area contributed by atoms with Crippen LogP contribution in [0.5, 0.6) is 0 Å². The number of hydrogen-bond donors (Lipinski definition) is 0. The van der Waals surface area contributed by atoms with Crippen LogP contribution in [0.3, 0.4) is 0 Å². The molecule has 2 aromatic carbocycles. The molecule has 2 aliphatic rings. The summed E-state index contributed by atoms with van der Waals surface area (Å²) in [5, 5.41) is 0. The number of furan rings is 1. The van der Waals surface area contributed by atoms with Gasteiger partial charge in [-0.3, -0.25) is 6.08 Å². The molecule has 202 valence electrons. The van der Waals surface area contributed by atoms with Crippen molar-refractivity contribution >= 4 is 8.78 Å². The summed E-state index contributed by atoms with van der Waals surface area (Å²) in [6.45, 7) is 20.0. The number of allylic oxidation sites excluding steroid dienone is 4. The van der Waals surface area contributed by atoms with E-state index in [4.69, 9.17) is 4.42 Å². The maximum atomic E-state index is 5.23. The molecule has 0 bridgehead atoms. The van der Waals surface area contributed by atoms with Gasteiger partial charge in [0.1, 0.15) is 0 Å². The molecule has 1 nitrogen and oxygen atoms in total. The molecule has 2 aliphatic carbocycles. The van der Waals surface area contributed by atoms with Crippen LogP contribution in [-0.4, -0.2) is 3.21 Å². The average molecular weight is 627 g/mol. The van der Waals surface area contributed by atoms with Crippen molar-refractivity contribution in [1.29, 1.82) is 0 Å². The molecule has 0 spiro atoms. The van der Waals surface area contributed by atoms with Crippen molar-refractivity contribution in [3.63, 3.8) is 0 Å². The van der Waals surface area contributed by atoms with Gasteiger partial charge in [-0.25, -0.2) is 6.08 Å². The second kappa shape index (κ2) is 14.2. The molecule has 0 aliphatic heterocycles. The first kappa shape index (κ1) is 34.6. The monoisotopic (exact) mass is 624 g/mol. The van der Waals surface area contributed by atoms with Gasteiger partial charge in [0, 0.05) is 0 Å². The molecular weight excluding hydrogens is 587 g/mol. The zero-order chi connectivity index (χ0) is 26.7. The van der Waals surface area contributed by atoms with Crippen molar-refractivity contribution < 1.29 is 53.5 Å². The second-order valence-corrected chi connectivity index (χ2v) is 14.5. The van der Waals surface area contributed by atoms with Gasteiger partial charge in [0.25, 0.3) is 0 Å². The minimum atomic E-state index is 0. The maximum absolute atomic E-state index is 5.23. The number of fused-ring (bicyclic) bond motifs is 3. The van der Waals surface area contributed by atoms with Crippen LogP contribution in [0.1, 0.15) is 90.3 Å². The van der Waals surface area contributed by atoms with Crippen LogP contribution >= 0.6 is 0 Å². The summed E-state index contributed by atoms with van der Waals surface area (Å²) in [4.78, 5) is 0. The third-order valence-corrected chi connectivity index (χ3v) is 6.20. The quantitative estimate of drug-likeness (QED) is 0.296. The minimum Gasteiger partial charge on any atom is -1.00 e. The summed E-state index contributed by atoms with van der Waals surface area (Å²) in [7, 11) is 0. The summed E-state index contributed by atoms with van der Waals surface area (Å²) in [5.74, 6) is 1.36. The predicted molar refractivity (Wildman–Crippen MR) is 151 cm³/mol. The van der Waals surface area contributed by atoms with E-state index in [1.165, 1.54) is 36.6 Å². The zero-order valence-electron chi connectivity index (χ0n) is 24.2. The van der Waals surface area contributed by atoms with Crippen molar-refractivity contribution in [3.05, 3.63) is 101 Å². The molecule has 0 saturated heterocycles. The summed E-state index contributed by atoms with van der Waals surface area (Å²) in [5.41, 5.74) is 9.85. The number of halogens is 2. The Morgan fingerprint density at radius 3 is 2.05 bits per heavy atom. The molecule has 0 radical (unpaired) electrons. The van der Waals surface area contributed by atoms with E-state index in [1.54, 1.807) is 30.5 Å². The fourth-order valence-corrected chi connectivity index (χ4v) is 4.21. The first-order valence-electron chi connectivity index (χ1n) is 12.8. The van der Waals surface area contributed by atoms with Crippen molar-refractivity contribution in [2.45, 2.75) is 79.6 Å². The van der Waals surface area contributed by atoms with Gasteiger partial charge in [0.2, 0.25) is 0 Å². The van der Waals surface area contributed by atoms with Gasteiger partial charge in [-0.1, -0.05) is 78.1 Å². The molecule has 1 heterocycles. The fourth-order valence-electron chi connectivity index (χ4n) is 4.21. The largest absolute Gasteiger partial charge is 1.00 e. The Balaban J connectivity index is 0.000000358. The standard InChI is InChI=1S/C21H25.C10H9O.C3H6.2ClH.Zr/c1-20(2,3)16-7-9-18-14(12-16)11-15-13-17(21(4,5)6)8-10-19(15)18;1-8-4-5-9(7-8)10-3-2-6-11-10;1-3-2;;;/h7-10,12H,11H2,1-6H3;2-3,5-8H,1H3;1-2H3;2*1H;/q2*-1;;;;+2/p-2. The third-order valence-electron chi connectivity index (χ3n) is 6.20. The fraction of sp³-hybridized carbons (Fsp3) is 0.382. The van der Waals surface area contributed by atoms with Crippen molar-refractivity contribution in [2.75, 3.05) is 0 Å². The Bertz CT molecular complexity index is 1200. The average Bonchev–Trinajstić information content (AvgIpc) is 3.51.